The van der Waals surface area contributed by atoms with Gasteiger partial charge in [0, 0.05) is 6.04 Å². The maximum absolute atomic E-state index is 4.99. The van der Waals surface area contributed by atoms with Gasteiger partial charge >= 0.3 is 0 Å². The molecule has 1 aliphatic carbocycles. The summed E-state index contributed by atoms with van der Waals surface area (Å²) in [5, 5.41) is 3.95. The van der Waals surface area contributed by atoms with E-state index in [0.29, 0.717) is 6.04 Å². The van der Waals surface area contributed by atoms with Crippen molar-refractivity contribution in [2.45, 2.75) is 31.7 Å². The molecular formula is C7H10N. The van der Waals surface area contributed by atoms with E-state index in [-0.39, 0.29) is 0 Å². The Balaban J connectivity index is 2.17. The summed E-state index contributed by atoms with van der Waals surface area (Å²) in [4.78, 5) is 0. The molecule has 0 bridgehead atoms. The first-order valence-electron chi connectivity index (χ1n) is 3.09. The second-order valence-corrected chi connectivity index (χ2v) is 2.20. The van der Waals surface area contributed by atoms with E-state index in [4.69, 9.17) is 6.42 Å². The summed E-state index contributed by atoms with van der Waals surface area (Å²) < 4.78 is 0. The highest BCUT2D eigenvalue weighted by atomic mass is 14.9. The summed E-state index contributed by atoms with van der Waals surface area (Å²) in [5.74, 6) is 0. The SMILES string of the molecule is C#C[N]C1CCCC1. The highest BCUT2D eigenvalue weighted by Crippen LogP contribution is 2.17. The van der Waals surface area contributed by atoms with Gasteiger partial charge < -0.3 is 0 Å². The van der Waals surface area contributed by atoms with E-state index in [1.165, 1.54) is 25.7 Å². The summed E-state index contributed by atoms with van der Waals surface area (Å²) in [6.45, 7) is 0. The van der Waals surface area contributed by atoms with Gasteiger partial charge in [-0.1, -0.05) is 19.3 Å². The lowest BCUT2D eigenvalue weighted by molar-refractivity contribution is 0.612. The smallest absolute Gasteiger partial charge is 0.0600 e. The van der Waals surface area contributed by atoms with Crippen molar-refractivity contribution in [3.63, 3.8) is 0 Å². The zero-order chi connectivity index (χ0) is 5.82. The van der Waals surface area contributed by atoms with Crippen LogP contribution in [0.4, 0.5) is 0 Å². The topological polar surface area (TPSA) is 14.1 Å². The molecule has 0 atom stereocenters. The zero-order valence-corrected chi connectivity index (χ0v) is 4.93. The maximum atomic E-state index is 4.99. The average Bonchev–Trinajstić information content (AvgIpc) is 2.19. The molecule has 1 radical (unpaired) electrons. The Morgan fingerprint density at radius 3 is 2.50 bits per heavy atom. The highest BCUT2D eigenvalue weighted by Gasteiger charge is 2.13. The third-order valence-electron chi connectivity index (χ3n) is 1.58. The second kappa shape index (κ2) is 2.61. The molecule has 0 aliphatic heterocycles. The molecule has 0 aromatic rings. The first kappa shape index (κ1) is 5.50. The summed E-state index contributed by atoms with van der Waals surface area (Å²) >= 11 is 0. The fraction of sp³-hybridized carbons (Fsp3) is 0.714. The van der Waals surface area contributed by atoms with Gasteiger partial charge in [-0.15, -0.1) is 0 Å². The van der Waals surface area contributed by atoms with Gasteiger partial charge in [-0.05, 0) is 12.8 Å². The van der Waals surface area contributed by atoms with Crippen LogP contribution in [0, 0.1) is 12.5 Å². The Bertz CT molecular complexity index is 95.4. The number of nitrogens with zero attached hydrogens (tertiary/aromatic N) is 1. The second-order valence-electron chi connectivity index (χ2n) is 2.20. The molecule has 1 aliphatic rings. The molecule has 0 unspecified atom stereocenters. The van der Waals surface area contributed by atoms with Crippen molar-refractivity contribution in [1.29, 1.82) is 0 Å². The molecule has 0 heterocycles. The minimum atomic E-state index is 0.500. The van der Waals surface area contributed by atoms with E-state index in [2.05, 4.69) is 11.4 Å². The predicted molar refractivity (Wildman–Crippen MR) is 33.2 cm³/mol. The van der Waals surface area contributed by atoms with Gasteiger partial charge in [0.15, 0.2) is 0 Å². The third kappa shape index (κ3) is 1.16. The van der Waals surface area contributed by atoms with Gasteiger partial charge in [0.2, 0.25) is 0 Å². The molecule has 0 spiro atoms. The standard InChI is InChI=1S/C7H10N/c1-2-8-7-5-3-4-6-7/h1,7H,3-6H2. The van der Waals surface area contributed by atoms with Crippen molar-refractivity contribution in [1.82, 2.24) is 5.32 Å². The fourth-order valence-corrected chi connectivity index (χ4v) is 1.14. The molecule has 1 fully saturated rings. The number of hydrogen-bond donors (Lipinski definition) is 0. The Hall–Kier alpha value is -0.640. The van der Waals surface area contributed by atoms with E-state index in [1.807, 2.05) is 0 Å². The minimum absolute atomic E-state index is 0.500. The molecule has 0 aromatic heterocycles. The van der Waals surface area contributed by atoms with Crippen LogP contribution in [0.2, 0.25) is 0 Å². The van der Waals surface area contributed by atoms with Gasteiger partial charge in [0.25, 0.3) is 0 Å². The van der Waals surface area contributed by atoms with Crippen LogP contribution in [-0.4, -0.2) is 6.04 Å². The summed E-state index contributed by atoms with van der Waals surface area (Å²) in [6.07, 6.45) is 10.0. The van der Waals surface area contributed by atoms with Crippen molar-refractivity contribution >= 4 is 0 Å². The lowest BCUT2D eigenvalue weighted by Gasteiger charge is -1.99. The molecule has 1 heteroatoms. The zero-order valence-electron chi connectivity index (χ0n) is 4.93. The van der Waals surface area contributed by atoms with Gasteiger partial charge in [0.1, 0.15) is 0 Å². The number of hydrogen-bond acceptors (Lipinski definition) is 0. The Morgan fingerprint density at radius 1 is 1.38 bits per heavy atom. The molecular weight excluding hydrogens is 98.1 g/mol. The maximum Gasteiger partial charge on any atom is 0.0600 e. The number of rotatable bonds is 1. The van der Waals surface area contributed by atoms with Gasteiger partial charge in [0.05, 0.1) is 6.04 Å². The first-order chi connectivity index (χ1) is 3.93. The Morgan fingerprint density at radius 2 is 2.00 bits per heavy atom. The molecule has 0 amide bonds. The van der Waals surface area contributed by atoms with E-state index >= 15 is 0 Å². The van der Waals surface area contributed by atoms with Crippen molar-refractivity contribution in [2.24, 2.45) is 0 Å². The molecule has 1 nitrogen and oxygen atoms in total. The van der Waals surface area contributed by atoms with E-state index in [1.54, 1.807) is 0 Å². The van der Waals surface area contributed by atoms with Crippen LogP contribution in [0.15, 0.2) is 0 Å². The molecule has 0 saturated heterocycles. The average molecular weight is 108 g/mol. The van der Waals surface area contributed by atoms with E-state index in [9.17, 15) is 0 Å². The van der Waals surface area contributed by atoms with Crippen LogP contribution < -0.4 is 5.32 Å². The van der Waals surface area contributed by atoms with E-state index < -0.39 is 0 Å². The van der Waals surface area contributed by atoms with Crippen LogP contribution >= 0.6 is 0 Å². The Labute approximate surface area is 50.5 Å². The lowest BCUT2D eigenvalue weighted by Crippen LogP contribution is -2.12. The van der Waals surface area contributed by atoms with E-state index in [0.717, 1.165) is 0 Å². The predicted octanol–water partition coefficient (Wildman–Crippen LogP) is 1.12. The Kier molecular flexibility index (Phi) is 1.80. The van der Waals surface area contributed by atoms with Crippen molar-refractivity contribution in [2.75, 3.05) is 0 Å². The monoisotopic (exact) mass is 108 g/mol. The summed E-state index contributed by atoms with van der Waals surface area (Å²) in [6, 6.07) is 2.83. The molecule has 1 rings (SSSR count). The summed E-state index contributed by atoms with van der Waals surface area (Å²) in [5.41, 5.74) is 0. The first-order valence-corrected chi connectivity index (χ1v) is 3.09. The summed E-state index contributed by atoms with van der Waals surface area (Å²) in [7, 11) is 0. The molecule has 43 valence electrons. The largest absolute Gasteiger partial charge is 0.232 e. The van der Waals surface area contributed by atoms with Crippen LogP contribution in [0.1, 0.15) is 25.7 Å². The van der Waals surface area contributed by atoms with Crippen molar-refractivity contribution in [3.05, 3.63) is 0 Å². The molecule has 0 N–H and O–H groups in total. The van der Waals surface area contributed by atoms with Gasteiger partial charge in [-0.25, -0.2) is 5.32 Å². The van der Waals surface area contributed by atoms with Crippen LogP contribution in [0.25, 0.3) is 0 Å². The fourth-order valence-electron chi connectivity index (χ4n) is 1.14. The van der Waals surface area contributed by atoms with Crippen molar-refractivity contribution in [3.8, 4) is 12.5 Å². The molecule has 1 saturated carbocycles. The van der Waals surface area contributed by atoms with Gasteiger partial charge in [-0.3, -0.25) is 0 Å². The van der Waals surface area contributed by atoms with Crippen molar-refractivity contribution < 1.29 is 0 Å². The van der Waals surface area contributed by atoms with Crippen LogP contribution in [0.5, 0.6) is 0 Å². The van der Waals surface area contributed by atoms with Crippen LogP contribution in [0.3, 0.4) is 0 Å². The third-order valence-corrected chi connectivity index (χ3v) is 1.58. The quantitative estimate of drug-likeness (QED) is 0.447. The minimum Gasteiger partial charge on any atom is -0.232 e. The highest BCUT2D eigenvalue weighted by molar-refractivity contribution is 4.86. The number of terminal acetylenes is 1. The molecule has 8 heavy (non-hydrogen) atoms. The molecule has 0 aromatic carbocycles. The van der Waals surface area contributed by atoms with Gasteiger partial charge in [-0.2, -0.15) is 0 Å². The van der Waals surface area contributed by atoms with Crippen LogP contribution in [-0.2, 0) is 0 Å². The normalized spacial score (nSPS) is 20.4. The lowest BCUT2D eigenvalue weighted by atomic mass is 10.3.